The average Bonchev–Trinajstić information content (AvgIpc) is 3.44. The van der Waals surface area contributed by atoms with Crippen LogP contribution in [0.15, 0.2) is 102 Å². The number of para-hydroxylation sites is 1. The molecule has 1 aliphatic rings. The molecule has 4 heterocycles. The smallest absolute Gasteiger partial charge is 0.268 e. The number of hydrogen-bond donors (Lipinski definition) is 1. The van der Waals surface area contributed by atoms with Gasteiger partial charge in [-0.25, -0.2) is 17.4 Å². The fraction of sp³-hybridized carbons (Fsp3) is 0.212. The van der Waals surface area contributed by atoms with Gasteiger partial charge in [-0.15, -0.1) is 0 Å². The second-order valence-corrected chi connectivity index (χ2v) is 11.8. The van der Waals surface area contributed by atoms with E-state index in [4.69, 9.17) is 14.7 Å². The average molecular weight is 580 g/mol. The third-order valence-corrected chi connectivity index (χ3v) is 9.17. The Bertz CT molecular complexity index is 1910. The number of nitrogens with one attached hydrogen (secondary N) is 1. The zero-order valence-corrected chi connectivity index (χ0v) is 24.5. The Morgan fingerprint density at radius 1 is 1.02 bits per heavy atom. The Morgan fingerprint density at radius 3 is 2.55 bits per heavy atom. The van der Waals surface area contributed by atoms with Gasteiger partial charge in [0.25, 0.3) is 10.0 Å². The van der Waals surface area contributed by atoms with E-state index < -0.39 is 10.0 Å². The van der Waals surface area contributed by atoms with Crippen molar-refractivity contribution < 1.29 is 13.2 Å². The van der Waals surface area contributed by atoms with Crippen molar-refractivity contribution in [3.63, 3.8) is 0 Å². The van der Waals surface area contributed by atoms with E-state index in [1.807, 2.05) is 67.7 Å². The van der Waals surface area contributed by atoms with Crippen LogP contribution in [0.2, 0.25) is 0 Å². The van der Waals surface area contributed by atoms with Gasteiger partial charge in [0.15, 0.2) is 0 Å². The first kappa shape index (κ1) is 27.7. The van der Waals surface area contributed by atoms with Gasteiger partial charge in [0.05, 0.1) is 35.0 Å². The highest BCUT2D eigenvalue weighted by Gasteiger charge is 2.26. The number of allylic oxidation sites excluding steroid dienone is 3. The molecule has 2 aromatic carbocycles. The fourth-order valence-electron chi connectivity index (χ4n) is 5.36. The number of aromatic nitrogens is 3. The molecule has 1 aliphatic heterocycles. The molecule has 1 N–H and O–H groups in total. The third kappa shape index (κ3) is 5.06. The van der Waals surface area contributed by atoms with E-state index in [0.717, 1.165) is 34.3 Å². The summed E-state index contributed by atoms with van der Waals surface area (Å²) in [5, 5.41) is 4.92. The molecule has 1 fully saturated rings. The largest absolute Gasteiger partial charge is 0.386 e. The van der Waals surface area contributed by atoms with E-state index in [-0.39, 0.29) is 4.90 Å². The number of anilines is 1. The predicted octanol–water partition coefficient (Wildman–Crippen LogP) is 5.85. The Kier molecular flexibility index (Phi) is 7.78. The first-order valence-electron chi connectivity index (χ1n) is 14.1. The SMILES string of the molecule is CC/C=C\C=C(/NC)c1nccc2c(-c3cc4ccccc4n3S(=O)(=O)c3ccccc3)cc(N3CCOCC3)nc12. The molecular formula is C33H33N5O3S. The molecular weight excluding hydrogens is 546 g/mol. The van der Waals surface area contributed by atoms with Gasteiger partial charge in [0.2, 0.25) is 0 Å². The Balaban J connectivity index is 1.68. The van der Waals surface area contributed by atoms with Crippen molar-refractivity contribution in [2.45, 2.75) is 18.2 Å². The van der Waals surface area contributed by atoms with Gasteiger partial charge < -0.3 is 15.0 Å². The second kappa shape index (κ2) is 11.8. The van der Waals surface area contributed by atoms with Crippen molar-refractivity contribution in [3.8, 4) is 11.3 Å². The summed E-state index contributed by atoms with van der Waals surface area (Å²) in [6.45, 7) is 4.66. The zero-order chi connectivity index (χ0) is 29.1. The molecule has 0 amide bonds. The molecule has 42 heavy (non-hydrogen) atoms. The molecule has 3 aromatic heterocycles. The van der Waals surface area contributed by atoms with Gasteiger partial charge in [-0.1, -0.05) is 55.5 Å². The topological polar surface area (TPSA) is 89.4 Å². The molecule has 214 valence electrons. The van der Waals surface area contributed by atoms with Gasteiger partial charge in [0.1, 0.15) is 17.0 Å². The van der Waals surface area contributed by atoms with Crippen molar-refractivity contribution in [1.82, 2.24) is 19.3 Å². The van der Waals surface area contributed by atoms with Gasteiger partial charge in [-0.2, -0.15) is 0 Å². The minimum Gasteiger partial charge on any atom is -0.386 e. The summed E-state index contributed by atoms with van der Waals surface area (Å²) in [7, 11) is -2.08. The van der Waals surface area contributed by atoms with Crippen molar-refractivity contribution in [1.29, 1.82) is 0 Å². The van der Waals surface area contributed by atoms with E-state index in [0.29, 0.717) is 48.7 Å². The molecule has 0 bridgehead atoms. The van der Waals surface area contributed by atoms with Crippen molar-refractivity contribution in [3.05, 3.63) is 103 Å². The molecule has 0 atom stereocenters. The number of morpholine rings is 1. The molecule has 0 saturated carbocycles. The summed E-state index contributed by atoms with van der Waals surface area (Å²) in [6.07, 6.45) is 8.74. The minimum absolute atomic E-state index is 0.227. The molecule has 0 spiro atoms. The van der Waals surface area contributed by atoms with Gasteiger partial charge >= 0.3 is 0 Å². The van der Waals surface area contributed by atoms with Crippen LogP contribution < -0.4 is 10.2 Å². The number of ether oxygens (including phenoxy) is 1. The summed E-state index contributed by atoms with van der Waals surface area (Å²) in [5.41, 5.74) is 4.15. The number of pyridine rings is 2. The van der Waals surface area contributed by atoms with E-state index in [1.54, 1.807) is 30.5 Å². The quantitative estimate of drug-likeness (QED) is 0.231. The number of nitrogens with zero attached hydrogens (tertiary/aromatic N) is 4. The van der Waals surface area contributed by atoms with E-state index in [1.165, 1.54) is 3.97 Å². The monoisotopic (exact) mass is 579 g/mol. The van der Waals surface area contributed by atoms with Crippen LogP contribution in [-0.4, -0.2) is 55.7 Å². The Hall–Kier alpha value is -4.47. The highest BCUT2D eigenvalue weighted by molar-refractivity contribution is 7.90. The van der Waals surface area contributed by atoms with Crippen LogP contribution in [0.1, 0.15) is 19.0 Å². The number of hydrogen-bond acceptors (Lipinski definition) is 7. The summed E-state index contributed by atoms with van der Waals surface area (Å²) in [4.78, 5) is 12.3. The summed E-state index contributed by atoms with van der Waals surface area (Å²) < 4.78 is 35.6. The minimum atomic E-state index is -3.94. The van der Waals surface area contributed by atoms with E-state index >= 15 is 0 Å². The molecule has 0 aliphatic carbocycles. The number of rotatable bonds is 8. The normalized spacial score (nSPS) is 14.7. The van der Waals surface area contributed by atoms with E-state index in [9.17, 15) is 8.42 Å². The van der Waals surface area contributed by atoms with Crippen molar-refractivity contribution >= 4 is 43.3 Å². The maximum absolute atomic E-state index is 14.3. The number of benzene rings is 2. The Morgan fingerprint density at radius 2 is 1.79 bits per heavy atom. The maximum atomic E-state index is 14.3. The lowest BCUT2D eigenvalue weighted by Gasteiger charge is -2.29. The van der Waals surface area contributed by atoms with Crippen LogP contribution in [0.3, 0.4) is 0 Å². The highest BCUT2D eigenvalue weighted by Crippen LogP contribution is 2.38. The lowest BCUT2D eigenvalue weighted by Crippen LogP contribution is -2.36. The molecule has 1 saturated heterocycles. The zero-order valence-electron chi connectivity index (χ0n) is 23.7. The standard InChI is InChI=1S/C33H33N5O3S/c1-3-4-6-14-28(34-2)33-32-26(16-17-35-33)27(23-31(36-32)37-18-20-41-21-19-37)30-22-24-11-9-10-15-29(24)38(30)42(39,40)25-12-7-5-8-13-25/h4-17,22-23,34H,3,18-21H2,1-2H3/b6-4-,28-14-. The Labute approximate surface area is 246 Å². The summed E-state index contributed by atoms with van der Waals surface area (Å²) in [5.74, 6) is 0.753. The molecule has 5 aromatic rings. The lowest BCUT2D eigenvalue weighted by atomic mass is 10.0. The number of fused-ring (bicyclic) bond motifs is 2. The van der Waals surface area contributed by atoms with E-state index in [2.05, 4.69) is 23.2 Å². The summed E-state index contributed by atoms with van der Waals surface area (Å²) in [6, 6.07) is 22.0. The summed E-state index contributed by atoms with van der Waals surface area (Å²) >= 11 is 0. The van der Waals surface area contributed by atoms with Crippen molar-refractivity contribution in [2.24, 2.45) is 0 Å². The van der Waals surface area contributed by atoms with Crippen LogP contribution >= 0.6 is 0 Å². The van der Waals surface area contributed by atoms with Gasteiger partial charge in [-0.3, -0.25) is 4.98 Å². The van der Waals surface area contributed by atoms with Crippen LogP contribution in [0, 0.1) is 0 Å². The lowest BCUT2D eigenvalue weighted by molar-refractivity contribution is 0.122. The molecule has 6 rings (SSSR count). The fourth-order valence-corrected chi connectivity index (χ4v) is 6.90. The van der Waals surface area contributed by atoms with Crippen LogP contribution in [0.25, 0.3) is 38.8 Å². The van der Waals surface area contributed by atoms with Gasteiger partial charge in [-0.05, 0) is 48.9 Å². The van der Waals surface area contributed by atoms with Crippen LogP contribution in [-0.2, 0) is 14.8 Å². The third-order valence-electron chi connectivity index (χ3n) is 7.43. The van der Waals surface area contributed by atoms with Crippen molar-refractivity contribution in [2.75, 3.05) is 38.3 Å². The van der Waals surface area contributed by atoms with Gasteiger partial charge in [0, 0.05) is 42.7 Å². The van der Waals surface area contributed by atoms with Crippen LogP contribution in [0.5, 0.6) is 0 Å². The van der Waals surface area contributed by atoms with Crippen LogP contribution in [0.4, 0.5) is 5.82 Å². The predicted molar refractivity (Wildman–Crippen MR) is 169 cm³/mol. The first-order valence-corrected chi connectivity index (χ1v) is 15.6. The molecule has 0 radical (unpaired) electrons. The molecule has 0 unspecified atom stereocenters. The molecule has 9 heteroatoms. The maximum Gasteiger partial charge on any atom is 0.268 e. The second-order valence-electron chi connectivity index (χ2n) is 10.0. The first-order chi connectivity index (χ1) is 20.5. The molecule has 8 nitrogen and oxygen atoms in total. The highest BCUT2D eigenvalue weighted by atomic mass is 32.2.